The Morgan fingerprint density at radius 1 is 1.50 bits per heavy atom. The van der Waals surface area contributed by atoms with Gasteiger partial charge in [-0.25, -0.2) is 4.90 Å². The number of hydrogen-bond acceptors (Lipinski definition) is 3. The molecule has 12 heavy (non-hydrogen) atoms. The van der Waals surface area contributed by atoms with Crippen molar-refractivity contribution in [3.63, 3.8) is 0 Å². The van der Waals surface area contributed by atoms with Crippen LogP contribution in [0.4, 0.5) is 0 Å². The molecule has 0 unspecified atom stereocenters. The van der Waals surface area contributed by atoms with Crippen molar-refractivity contribution < 1.29 is 9.90 Å². The molecule has 6 heteroatoms. The Morgan fingerprint density at radius 2 is 2.08 bits per heavy atom. The lowest BCUT2D eigenvalue weighted by molar-refractivity contribution is 0.175. The van der Waals surface area contributed by atoms with Crippen LogP contribution < -0.4 is 0 Å². The molecule has 0 aromatic heterocycles. The fourth-order valence-electron chi connectivity index (χ4n) is 1.21. The van der Waals surface area contributed by atoms with Crippen LogP contribution >= 0.6 is 34.8 Å². The van der Waals surface area contributed by atoms with E-state index in [-0.39, 0.29) is 13.0 Å². The van der Waals surface area contributed by atoms with Crippen LogP contribution in [0.15, 0.2) is 0 Å². The molecule has 0 aliphatic carbocycles. The van der Waals surface area contributed by atoms with Gasteiger partial charge in [0.15, 0.2) is 0 Å². The third-order valence-electron chi connectivity index (χ3n) is 1.74. The number of hydrogen-bond donors (Lipinski definition) is 1. The van der Waals surface area contributed by atoms with Crippen molar-refractivity contribution in [1.29, 1.82) is 0 Å². The highest BCUT2D eigenvalue weighted by Gasteiger charge is 2.42. The molecule has 1 aliphatic heterocycles. The van der Waals surface area contributed by atoms with Gasteiger partial charge in [-0.1, -0.05) is 34.8 Å². The lowest BCUT2D eigenvalue weighted by atomic mass is 10.2. The minimum absolute atomic E-state index is 0.191. The molecule has 0 aromatic rings. The first-order valence-electron chi connectivity index (χ1n) is 3.34. The molecule has 0 aromatic carbocycles. The maximum atomic E-state index is 10.4. The molecule has 3 nitrogen and oxygen atoms in total. The first-order valence-corrected chi connectivity index (χ1v) is 4.47. The van der Waals surface area contributed by atoms with E-state index in [1.807, 2.05) is 0 Å². The van der Waals surface area contributed by atoms with Crippen molar-refractivity contribution in [2.45, 2.75) is 22.5 Å². The zero-order chi connectivity index (χ0) is 9.35. The summed E-state index contributed by atoms with van der Waals surface area (Å²) in [5, 5.41) is 9.17. The first-order chi connectivity index (χ1) is 5.45. The Balaban J connectivity index is 2.70. The average molecular weight is 231 g/mol. The molecule has 69 valence electrons. The maximum absolute atomic E-state index is 10.4. The zero-order valence-corrected chi connectivity index (χ0v) is 8.27. The third-order valence-corrected chi connectivity index (χ3v) is 2.39. The van der Waals surface area contributed by atoms with Crippen LogP contribution in [0.3, 0.4) is 0 Å². The van der Waals surface area contributed by atoms with E-state index in [4.69, 9.17) is 39.9 Å². The highest BCUT2D eigenvalue weighted by molar-refractivity contribution is 6.67. The highest BCUT2D eigenvalue weighted by atomic mass is 35.6. The van der Waals surface area contributed by atoms with E-state index in [1.165, 1.54) is 4.90 Å². The summed E-state index contributed by atoms with van der Waals surface area (Å²) < 4.78 is -1.64. The van der Waals surface area contributed by atoms with E-state index >= 15 is 0 Å². The maximum Gasteiger partial charge on any atom is 0.248 e. The summed E-state index contributed by atoms with van der Waals surface area (Å²) in [7, 11) is 0. The number of β-amino-alcohol motifs (C(OH)–C–C–N with tert-alkyl or cyclic N) is 1. The third kappa shape index (κ3) is 2.24. The van der Waals surface area contributed by atoms with Crippen LogP contribution in [0.2, 0.25) is 0 Å². The topological polar surface area (TPSA) is 40.5 Å². The van der Waals surface area contributed by atoms with Gasteiger partial charge in [0.05, 0.1) is 12.1 Å². The summed E-state index contributed by atoms with van der Waals surface area (Å²) in [6, 6.07) is -0.618. The Labute approximate surface area is 85.2 Å². The Kier molecular flexibility index (Phi) is 3.23. The number of rotatable bonds is 1. The molecule has 0 spiro atoms. The Morgan fingerprint density at radius 3 is 2.42 bits per heavy atom. The van der Waals surface area contributed by atoms with E-state index in [0.717, 1.165) is 0 Å². The molecule has 1 aliphatic rings. The number of aliphatic hydroxyl groups excluding tert-OH is 1. The van der Waals surface area contributed by atoms with Crippen molar-refractivity contribution >= 4 is 41.1 Å². The van der Waals surface area contributed by atoms with Crippen molar-refractivity contribution in [3.8, 4) is 0 Å². The van der Waals surface area contributed by atoms with Gasteiger partial charge in [-0.3, -0.25) is 4.79 Å². The van der Waals surface area contributed by atoms with Gasteiger partial charge in [0, 0.05) is 6.54 Å². The lowest BCUT2D eigenvalue weighted by Crippen LogP contribution is -2.40. The quantitative estimate of drug-likeness (QED) is 0.537. The van der Waals surface area contributed by atoms with E-state index in [0.29, 0.717) is 0 Å². The minimum atomic E-state index is -1.64. The molecule has 1 saturated heterocycles. The van der Waals surface area contributed by atoms with Crippen LogP contribution in [-0.2, 0) is 4.79 Å². The van der Waals surface area contributed by atoms with Crippen LogP contribution in [0, 0.1) is 0 Å². The zero-order valence-electron chi connectivity index (χ0n) is 6.01. The van der Waals surface area contributed by atoms with Gasteiger partial charge in [-0.15, -0.1) is 0 Å². The van der Waals surface area contributed by atoms with Gasteiger partial charge in [-0.05, 0) is 6.42 Å². The normalized spacial score (nSPS) is 32.3. The van der Waals surface area contributed by atoms with E-state index in [2.05, 4.69) is 0 Å². The molecule has 1 heterocycles. The summed E-state index contributed by atoms with van der Waals surface area (Å²) >= 11 is 16.6. The second-order valence-corrected chi connectivity index (χ2v) is 4.86. The average Bonchev–Trinajstić information content (AvgIpc) is 2.29. The van der Waals surface area contributed by atoms with E-state index in [1.54, 1.807) is 6.29 Å². The van der Waals surface area contributed by atoms with Gasteiger partial charge < -0.3 is 5.11 Å². The van der Waals surface area contributed by atoms with Gasteiger partial charge in [0.2, 0.25) is 10.2 Å². The number of nitrogens with zero attached hydrogens (tertiary/aromatic N) is 1. The largest absolute Gasteiger partial charge is 0.392 e. The Bertz CT molecular complexity index is 182. The highest BCUT2D eigenvalue weighted by Crippen LogP contribution is 2.36. The summed E-state index contributed by atoms with van der Waals surface area (Å²) in [4.78, 5) is 11.6. The van der Waals surface area contributed by atoms with Crippen molar-refractivity contribution in [1.82, 2.24) is 4.90 Å². The fourth-order valence-corrected chi connectivity index (χ4v) is 1.77. The molecule has 1 N–H and O–H groups in total. The predicted molar refractivity (Wildman–Crippen MR) is 47.1 cm³/mol. The predicted octanol–water partition coefficient (Wildman–Crippen LogP) is 0.859. The molecular weight excluding hydrogens is 224 g/mol. The van der Waals surface area contributed by atoms with E-state index in [9.17, 15) is 4.79 Å². The molecule has 1 radical (unpaired) electrons. The van der Waals surface area contributed by atoms with Crippen LogP contribution in [0.1, 0.15) is 6.42 Å². The lowest BCUT2D eigenvalue weighted by Gasteiger charge is -2.26. The second kappa shape index (κ2) is 3.68. The standard InChI is InChI=1S/C6H7Cl3NO2/c7-6(8,9)10-2-5(12)1-4(10)3-11/h4-5,12H,1-2H2/t4-,5+/m0/s1. The summed E-state index contributed by atoms with van der Waals surface area (Å²) in [5.41, 5.74) is 0. The van der Waals surface area contributed by atoms with Gasteiger partial charge in [0.25, 0.3) is 0 Å². The SMILES string of the molecule is O=[C][C@@H]1C[C@@H](O)CN1C(Cl)(Cl)Cl. The number of aliphatic hydroxyl groups is 1. The van der Waals surface area contributed by atoms with Crippen LogP contribution in [-0.4, -0.2) is 38.9 Å². The van der Waals surface area contributed by atoms with Crippen LogP contribution in [0.25, 0.3) is 0 Å². The fraction of sp³-hybridized carbons (Fsp3) is 0.833. The molecule has 1 rings (SSSR count). The molecule has 0 amide bonds. The Hall–Kier alpha value is 0.460. The van der Waals surface area contributed by atoms with Gasteiger partial charge >= 0.3 is 0 Å². The molecular formula is C6H7Cl3NO2. The van der Waals surface area contributed by atoms with Crippen molar-refractivity contribution in [2.24, 2.45) is 0 Å². The molecule has 0 saturated carbocycles. The summed E-state index contributed by atoms with van der Waals surface area (Å²) in [5.74, 6) is 0. The smallest absolute Gasteiger partial charge is 0.248 e. The van der Waals surface area contributed by atoms with Gasteiger partial charge in [-0.2, -0.15) is 0 Å². The number of carbonyl (C=O) groups excluding carboxylic acids is 1. The summed E-state index contributed by atoms with van der Waals surface area (Å²) in [6.07, 6.45) is 1.37. The monoisotopic (exact) mass is 230 g/mol. The number of halogens is 3. The van der Waals surface area contributed by atoms with E-state index < -0.39 is 16.1 Å². The minimum Gasteiger partial charge on any atom is -0.392 e. The first kappa shape index (κ1) is 10.5. The number of likely N-dealkylation sites (tertiary alicyclic amines) is 1. The van der Waals surface area contributed by atoms with Crippen molar-refractivity contribution in [3.05, 3.63) is 0 Å². The molecule has 2 atom stereocenters. The van der Waals surface area contributed by atoms with Crippen LogP contribution in [0.5, 0.6) is 0 Å². The number of alkyl halides is 3. The molecule has 1 fully saturated rings. The van der Waals surface area contributed by atoms with Crippen molar-refractivity contribution in [2.75, 3.05) is 6.54 Å². The second-order valence-electron chi connectivity index (χ2n) is 2.64. The summed E-state index contributed by atoms with van der Waals surface area (Å²) in [6.45, 7) is 0.191. The van der Waals surface area contributed by atoms with Gasteiger partial charge in [0.1, 0.15) is 0 Å². The molecule has 0 bridgehead atoms.